The van der Waals surface area contributed by atoms with Crippen molar-refractivity contribution in [2.75, 3.05) is 6.54 Å². The van der Waals surface area contributed by atoms with E-state index in [-0.39, 0.29) is 11.4 Å². The molecule has 3 rings (SSSR count). The number of hydrogen-bond donors (Lipinski definition) is 2. The summed E-state index contributed by atoms with van der Waals surface area (Å²) in [6, 6.07) is 17.7. The van der Waals surface area contributed by atoms with Crippen LogP contribution in [0.15, 0.2) is 71.8 Å². The molecule has 6 nitrogen and oxygen atoms in total. The Morgan fingerprint density at radius 1 is 1.04 bits per heavy atom. The Kier molecular flexibility index (Phi) is 5.84. The lowest BCUT2D eigenvalue weighted by Crippen LogP contribution is -2.23. The van der Waals surface area contributed by atoms with Crippen molar-refractivity contribution in [3.8, 4) is 11.3 Å². The summed E-state index contributed by atoms with van der Waals surface area (Å²) in [6.45, 7) is 2.18. The molecule has 3 aromatic rings. The molecule has 2 N–H and O–H groups in total. The third-order valence-corrected chi connectivity index (χ3v) is 6.21. The van der Waals surface area contributed by atoms with Gasteiger partial charge in [-0.15, -0.1) is 0 Å². The van der Waals surface area contributed by atoms with E-state index in [0.717, 1.165) is 16.7 Å². The Balaban J connectivity index is 2.18. The summed E-state index contributed by atoms with van der Waals surface area (Å²) >= 11 is 0. The van der Waals surface area contributed by atoms with E-state index in [1.54, 1.807) is 36.5 Å². The first-order chi connectivity index (χ1) is 13.4. The monoisotopic (exact) mass is 398 g/mol. The van der Waals surface area contributed by atoms with Crippen LogP contribution in [0.25, 0.3) is 11.3 Å². The number of nitrogens with one attached hydrogen (secondary N) is 1. The SMILES string of the molecule is CCc1c(CCNC(=O)O)cn(S(=O)(=O)c2ccccc2)c1-c1ccccc1. The molecule has 0 saturated carbocycles. The molecule has 0 aliphatic heterocycles. The van der Waals surface area contributed by atoms with Gasteiger partial charge in [0.2, 0.25) is 0 Å². The zero-order valence-electron chi connectivity index (χ0n) is 15.5. The maximum absolute atomic E-state index is 13.3. The fourth-order valence-electron chi connectivity index (χ4n) is 3.28. The van der Waals surface area contributed by atoms with Gasteiger partial charge in [0, 0.05) is 12.7 Å². The minimum atomic E-state index is -3.79. The molecule has 0 saturated heterocycles. The fourth-order valence-corrected chi connectivity index (χ4v) is 4.73. The highest BCUT2D eigenvalue weighted by molar-refractivity contribution is 7.90. The molecule has 1 amide bonds. The second-order valence-corrected chi connectivity index (χ2v) is 8.11. The first kappa shape index (κ1) is 19.7. The Morgan fingerprint density at radius 2 is 1.64 bits per heavy atom. The van der Waals surface area contributed by atoms with Gasteiger partial charge in [-0.05, 0) is 41.7 Å². The average molecular weight is 398 g/mol. The van der Waals surface area contributed by atoms with E-state index >= 15 is 0 Å². The van der Waals surface area contributed by atoms with E-state index in [4.69, 9.17) is 5.11 Å². The highest BCUT2D eigenvalue weighted by Gasteiger charge is 2.25. The van der Waals surface area contributed by atoms with Crippen LogP contribution >= 0.6 is 0 Å². The van der Waals surface area contributed by atoms with Gasteiger partial charge >= 0.3 is 6.09 Å². The normalized spacial score (nSPS) is 11.3. The van der Waals surface area contributed by atoms with Crippen molar-refractivity contribution in [3.63, 3.8) is 0 Å². The molecule has 0 aliphatic carbocycles. The second-order valence-electron chi connectivity index (χ2n) is 6.30. The maximum Gasteiger partial charge on any atom is 0.404 e. The number of nitrogens with zero attached hydrogens (tertiary/aromatic N) is 1. The topological polar surface area (TPSA) is 88.4 Å². The summed E-state index contributed by atoms with van der Waals surface area (Å²) in [5, 5.41) is 11.2. The molecule has 28 heavy (non-hydrogen) atoms. The Hall–Kier alpha value is -3.06. The van der Waals surface area contributed by atoms with Crippen molar-refractivity contribution in [2.24, 2.45) is 0 Å². The lowest BCUT2D eigenvalue weighted by atomic mass is 10.0. The maximum atomic E-state index is 13.3. The van der Waals surface area contributed by atoms with Crippen molar-refractivity contribution in [2.45, 2.75) is 24.7 Å². The van der Waals surface area contributed by atoms with Gasteiger partial charge in [-0.3, -0.25) is 0 Å². The standard InChI is InChI=1S/C21H22N2O4S/c1-2-19-17(13-14-22-21(24)25)15-23(20(19)16-9-5-3-6-10-16)28(26,27)18-11-7-4-8-12-18/h3-12,15,22H,2,13-14H2,1H3,(H,24,25). The summed E-state index contributed by atoms with van der Waals surface area (Å²) < 4.78 is 28.0. The van der Waals surface area contributed by atoms with Gasteiger partial charge < -0.3 is 10.4 Å². The first-order valence-electron chi connectivity index (χ1n) is 9.01. The van der Waals surface area contributed by atoms with E-state index in [2.05, 4.69) is 5.32 Å². The minimum Gasteiger partial charge on any atom is -0.465 e. The van der Waals surface area contributed by atoms with Gasteiger partial charge in [-0.1, -0.05) is 55.5 Å². The summed E-state index contributed by atoms with van der Waals surface area (Å²) in [4.78, 5) is 11.0. The van der Waals surface area contributed by atoms with Gasteiger partial charge in [0.15, 0.2) is 0 Å². The smallest absolute Gasteiger partial charge is 0.404 e. The summed E-state index contributed by atoms with van der Waals surface area (Å²) in [6.07, 6.45) is 1.56. The van der Waals surface area contributed by atoms with Crippen molar-refractivity contribution >= 4 is 16.1 Å². The van der Waals surface area contributed by atoms with Crippen LogP contribution in [0.3, 0.4) is 0 Å². The largest absolute Gasteiger partial charge is 0.465 e. The predicted molar refractivity (Wildman–Crippen MR) is 108 cm³/mol. The zero-order valence-corrected chi connectivity index (χ0v) is 16.3. The first-order valence-corrected chi connectivity index (χ1v) is 10.4. The van der Waals surface area contributed by atoms with Gasteiger partial charge in [-0.2, -0.15) is 0 Å². The van der Waals surface area contributed by atoms with E-state index in [0.29, 0.717) is 18.5 Å². The van der Waals surface area contributed by atoms with Crippen LogP contribution in [0.1, 0.15) is 18.1 Å². The molecule has 0 spiro atoms. The molecule has 1 heterocycles. The van der Waals surface area contributed by atoms with Crippen LogP contribution in [0.4, 0.5) is 4.79 Å². The molecule has 146 valence electrons. The predicted octanol–water partition coefficient (Wildman–Crippen LogP) is 3.76. The van der Waals surface area contributed by atoms with Gasteiger partial charge in [0.25, 0.3) is 10.0 Å². The fraction of sp³-hybridized carbons (Fsp3) is 0.190. The molecule has 0 aliphatic rings. The Bertz CT molecular complexity index is 1060. The van der Waals surface area contributed by atoms with E-state index in [1.165, 1.54) is 3.97 Å². The summed E-state index contributed by atoms with van der Waals surface area (Å²) in [5.41, 5.74) is 3.14. The van der Waals surface area contributed by atoms with Crippen LogP contribution in [-0.2, 0) is 22.9 Å². The van der Waals surface area contributed by atoms with Crippen molar-refractivity contribution in [1.82, 2.24) is 9.29 Å². The minimum absolute atomic E-state index is 0.208. The molecule has 1 aromatic heterocycles. The van der Waals surface area contributed by atoms with Crippen LogP contribution in [0.2, 0.25) is 0 Å². The number of amides is 1. The van der Waals surface area contributed by atoms with E-state index in [1.807, 2.05) is 37.3 Å². The summed E-state index contributed by atoms with van der Waals surface area (Å²) in [5.74, 6) is 0. The molecule has 0 atom stereocenters. The van der Waals surface area contributed by atoms with Crippen LogP contribution in [0, 0.1) is 0 Å². The van der Waals surface area contributed by atoms with Gasteiger partial charge in [0.05, 0.1) is 10.6 Å². The molecular weight excluding hydrogens is 376 g/mol. The number of hydrogen-bond acceptors (Lipinski definition) is 3. The van der Waals surface area contributed by atoms with Gasteiger partial charge in [0.1, 0.15) is 0 Å². The average Bonchev–Trinajstić information content (AvgIpc) is 3.08. The van der Waals surface area contributed by atoms with Crippen molar-refractivity contribution in [3.05, 3.63) is 78.0 Å². The molecular formula is C21H22N2O4S. The quantitative estimate of drug-likeness (QED) is 0.634. The lowest BCUT2D eigenvalue weighted by Gasteiger charge is -2.12. The number of rotatable bonds is 7. The molecule has 7 heteroatoms. The highest BCUT2D eigenvalue weighted by atomic mass is 32.2. The molecule has 0 bridgehead atoms. The lowest BCUT2D eigenvalue weighted by molar-refractivity contribution is 0.194. The molecule has 2 aromatic carbocycles. The van der Waals surface area contributed by atoms with Crippen molar-refractivity contribution in [1.29, 1.82) is 0 Å². The second kappa shape index (κ2) is 8.31. The Morgan fingerprint density at radius 3 is 2.21 bits per heavy atom. The van der Waals surface area contributed by atoms with Gasteiger partial charge in [-0.25, -0.2) is 17.2 Å². The number of benzene rings is 2. The van der Waals surface area contributed by atoms with E-state index < -0.39 is 16.1 Å². The molecule has 0 fully saturated rings. The summed E-state index contributed by atoms with van der Waals surface area (Å²) in [7, 11) is -3.79. The third-order valence-electron chi connectivity index (χ3n) is 4.54. The molecule has 0 radical (unpaired) electrons. The third kappa shape index (κ3) is 3.94. The van der Waals surface area contributed by atoms with Crippen LogP contribution < -0.4 is 5.32 Å². The number of aromatic nitrogens is 1. The van der Waals surface area contributed by atoms with Crippen LogP contribution in [-0.4, -0.2) is 30.1 Å². The van der Waals surface area contributed by atoms with Crippen LogP contribution in [0.5, 0.6) is 0 Å². The Labute approximate surface area is 164 Å². The van der Waals surface area contributed by atoms with E-state index in [9.17, 15) is 13.2 Å². The highest BCUT2D eigenvalue weighted by Crippen LogP contribution is 2.32. The van der Waals surface area contributed by atoms with Crippen molar-refractivity contribution < 1.29 is 18.3 Å². The molecule has 0 unspecified atom stereocenters. The zero-order chi connectivity index (χ0) is 20.1. The number of carboxylic acid groups (broad SMARTS) is 1. The number of carbonyl (C=O) groups is 1.